The molecule has 0 aliphatic carbocycles. The van der Waals surface area contributed by atoms with E-state index in [2.05, 4.69) is 15.9 Å². The van der Waals surface area contributed by atoms with Gasteiger partial charge in [-0.15, -0.1) is 11.3 Å². The summed E-state index contributed by atoms with van der Waals surface area (Å²) in [5.41, 5.74) is 1.98. The number of ether oxygens (including phenoxy) is 2. The third-order valence-electron chi connectivity index (χ3n) is 3.16. The van der Waals surface area contributed by atoms with Crippen LogP contribution in [0, 0.1) is 6.92 Å². The van der Waals surface area contributed by atoms with Crippen molar-refractivity contribution in [2.24, 2.45) is 0 Å². The molecule has 0 saturated carbocycles. The highest BCUT2D eigenvalue weighted by Gasteiger charge is 2.15. The highest BCUT2D eigenvalue weighted by molar-refractivity contribution is 9.11. The predicted octanol–water partition coefficient (Wildman–Crippen LogP) is 4.11. The normalized spacial score (nSPS) is 12.2. The summed E-state index contributed by atoms with van der Waals surface area (Å²) >= 11 is 5.08. The molecule has 108 valence electrons. The molecule has 0 fully saturated rings. The van der Waals surface area contributed by atoms with Crippen molar-refractivity contribution in [3.05, 3.63) is 44.1 Å². The molecule has 0 radical (unpaired) electrons. The van der Waals surface area contributed by atoms with Crippen molar-refractivity contribution in [1.29, 1.82) is 0 Å². The van der Waals surface area contributed by atoms with Gasteiger partial charge in [0.25, 0.3) is 0 Å². The zero-order chi connectivity index (χ0) is 14.7. The van der Waals surface area contributed by atoms with Gasteiger partial charge in [-0.25, -0.2) is 0 Å². The van der Waals surface area contributed by atoms with E-state index >= 15 is 0 Å². The highest BCUT2D eigenvalue weighted by atomic mass is 79.9. The first kappa shape index (κ1) is 15.4. The minimum Gasteiger partial charge on any atom is -0.493 e. The van der Waals surface area contributed by atoms with Gasteiger partial charge in [-0.05, 0) is 52.2 Å². The Labute approximate surface area is 131 Å². The molecule has 0 bridgehead atoms. The topological polar surface area (TPSA) is 38.7 Å². The Balaban J connectivity index is 2.19. The van der Waals surface area contributed by atoms with Crippen LogP contribution in [-0.2, 0) is 6.42 Å². The fourth-order valence-electron chi connectivity index (χ4n) is 2.13. The van der Waals surface area contributed by atoms with E-state index < -0.39 is 6.10 Å². The number of aliphatic hydroxyl groups is 1. The van der Waals surface area contributed by atoms with Crippen molar-refractivity contribution in [1.82, 2.24) is 0 Å². The summed E-state index contributed by atoms with van der Waals surface area (Å²) in [5.74, 6) is 1.38. The molecule has 2 aromatic rings. The Morgan fingerprint density at radius 3 is 2.45 bits per heavy atom. The Morgan fingerprint density at radius 2 is 1.90 bits per heavy atom. The van der Waals surface area contributed by atoms with E-state index in [0.717, 1.165) is 19.8 Å². The van der Waals surface area contributed by atoms with E-state index in [1.165, 1.54) is 0 Å². The first-order valence-corrected chi connectivity index (χ1v) is 7.81. The molecule has 1 heterocycles. The van der Waals surface area contributed by atoms with Crippen LogP contribution in [0.4, 0.5) is 0 Å². The largest absolute Gasteiger partial charge is 0.493 e. The van der Waals surface area contributed by atoms with Crippen molar-refractivity contribution in [3.63, 3.8) is 0 Å². The number of aryl methyl sites for hydroxylation is 1. The molecule has 0 amide bonds. The van der Waals surface area contributed by atoms with Gasteiger partial charge in [-0.1, -0.05) is 6.07 Å². The van der Waals surface area contributed by atoms with Crippen molar-refractivity contribution >= 4 is 27.3 Å². The van der Waals surface area contributed by atoms with E-state index in [-0.39, 0.29) is 0 Å². The minimum absolute atomic E-state index is 0.518. The molecule has 1 atom stereocenters. The molecule has 0 spiro atoms. The Hall–Kier alpha value is -1.04. The predicted molar refractivity (Wildman–Crippen MR) is 85.0 cm³/mol. The summed E-state index contributed by atoms with van der Waals surface area (Å²) < 4.78 is 11.5. The monoisotopic (exact) mass is 356 g/mol. The average molecular weight is 357 g/mol. The SMILES string of the molecule is COc1ccc(CC(O)c2cc(Br)sc2C)cc1OC. The third-order valence-corrected chi connectivity index (χ3v) is 4.73. The number of halogens is 1. The van der Waals surface area contributed by atoms with Crippen LogP contribution in [0.1, 0.15) is 22.1 Å². The lowest BCUT2D eigenvalue weighted by Crippen LogP contribution is -2.02. The maximum atomic E-state index is 10.4. The second kappa shape index (κ2) is 6.61. The van der Waals surface area contributed by atoms with Crippen molar-refractivity contribution in [2.75, 3.05) is 14.2 Å². The first-order chi connectivity index (χ1) is 9.55. The zero-order valence-electron chi connectivity index (χ0n) is 11.6. The molecule has 1 unspecified atom stereocenters. The summed E-state index contributed by atoms with van der Waals surface area (Å²) in [5, 5.41) is 10.4. The Morgan fingerprint density at radius 1 is 1.20 bits per heavy atom. The van der Waals surface area contributed by atoms with E-state index in [1.807, 2.05) is 31.2 Å². The van der Waals surface area contributed by atoms with E-state index in [0.29, 0.717) is 17.9 Å². The van der Waals surface area contributed by atoms with E-state index in [1.54, 1.807) is 25.6 Å². The molecule has 0 aliphatic rings. The van der Waals surface area contributed by atoms with Crippen LogP contribution in [0.15, 0.2) is 28.1 Å². The van der Waals surface area contributed by atoms with Crippen LogP contribution in [0.2, 0.25) is 0 Å². The summed E-state index contributed by atoms with van der Waals surface area (Å²) in [4.78, 5) is 1.13. The molecule has 0 saturated heterocycles. The maximum Gasteiger partial charge on any atom is 0.160 e. The van der Waals surface area contributed by atoms with Gasteiger partial charge < -0.3 is 14.6 Å². The molecule has 2 rings (SSSR count). The smallest absolute Gasteiger partial charge is 0.160 e. The van der Waals surface area contributed by atoms with Crippen LogP contribution in [0.25, 0.3) is 0 Å². The Bertz CT molecular complexity index is 595. The number of thiophene rings is 1. The van der Waals surface area contributed by atoms with Gasteiger partial charge in [0.2, 0.25) is 0 Å². The summed E-state index contributed by atoms with van der Waals surface area (Å²) in [7, 11) is 3.22. The molecule has 0 aliphatic heterocycles. The maximum absolute atomic E-state index is 10.4. The standard InChI is InChI=1S/C15H17BrO3S/c1-9-11(8-15(16)20-9)12(17)6-10-4-5-13(18-2)14(7-10)19-3/h4-5,7-8,12,17H,6H2,1-3H3. The average Bonchev–Trinajstić information content (AvgIpc) is 2.77. The number of hydrogen-bond donors (Lipinski definition) is 1. The van der Waals surface area contributed by atoms with Gasteiger partial charge in [0.15, 0.2) is 11.5 Å². The van der Waals surface area contributed by atoms with Crippen LogP contribution >= 0.6 is 27.3 Å². The van der Waals surface area contributed by atoms with Gasteiger partial charge in [-0.3, -0.25) is 0 Å². The van der Waals surface area contributed by atoms with Crippen LogP contribution in [0.3, 0.4) is 0 Å². The van der Waals surface area contributed by atoms with Crippen molar-refractivity contribution in [3.8, 4) is 11.5 Å². The second-order valence-electron chi connectivity index (χ2n) is 4.47. The van der Waals surface area contributed by atoms with E-state index in [9.17, 15) is 5.11 Å². The zero-order valence-corrected chi connectivity index (χ0v) is 14.0. The summed E-state index contributed by atoms with van der Waals surface area (Å²) in [6.07, 6.45) is 0.0281. The molecule has 1 aromatic heterocycles. The molecule has 5 heteroatoms. The lowest BCUT2D eigenvalue weighted by Gasteiger charge is -2.13. The Kier molecular flexibility index (Phi) is 5.07. The van der Waals surface area contributed by atoms with Crippen molar-refractivity contribution < 1.29 is 14.6 Å². The fraction of sp³-hybridized carbons (Fsp3) is 0.333. The number of benzene rings is 1. The molecular weight excluding hydrogens is 340 g/mol. The van der Waals surface area contributed by atoms with Gasteiger partial charge in [0, 0.05) is 11.3 Å². The first-order valence-electron chi connectivity index (χ1n) is 6.20. The number of rotatable bonds is 5. The fourth-order valence-corrected chi connectivity index (χ4v) is 3.90. The van der Waals surface area contributed by atoms with Crippen LogP contribution < -0.4 is 9.47 Å². The lowest BCUT2D eigenvalue weighted by atomic mass is 10.0. The third kappa shape index (κ3) is 3.34. The van der Waals surface area contributed by atoms with Gasteiger partial charge in [-0.2, -0.15) is 0 Å². The van der Waals surface area contributed by atoms with Crippen molar-refractivity contribution in [2.45, 2.75) is 19.4 Å². The minimum atomic E-state index is -0.518. The molecule has 3 nitrogen and oxygen atoms in total. The van der Waals surface area contributed by atoms with E-state index in [4.69, 9.17) is 9.47 Å². The number of methoxy groups -OCH3 is 2. The van der Waals surface area contributed by atoms with Gasteiger partial charge in [0.05, 0.1) is 24.1 Å². The molecular formula is C15H17BrO3S. The summed E-state index contributed by atoms with van der Waals surface area (Å²) in [6.45, 7) is 2.02. The van der Waals surface area contributed by atoms with Gasteiger partial charge in [0.1, 0.15) is 0 Å². The quantitative estimate of drug-likeness (QED) is 0.875. The highest BCUT2D eigenvalue weighted by Crippen LogP contribution is 2.33. The molecule has 1 aromatic carbocycles. The summed E-state index contributed by atoms with van der Waals surface area (Å²) in [6, 6.07) is 7.68. The van der Waals surface area contributed by atoms with Crippen LogP contribution in [0.5, 0.6) is 11.5 Å². The second-order valence-corrected chi connectivity index (χ2v) is 7.11. The van der Waals surface area contributed by atoms with Crippen LogP contribution in [-0.4, -0.2) is 19.3 Å². The molecule has 1 N–H and O–H groups in total. The van der Waals surface area contributed by atoms with Gasteiger partial charge >= 0.3 is 0 Å². The molecule has 20 heavy (non-hydrogen) atoms. The number of aliphatic hydroxyl groups excluding tert-OH is 1. The lowest BCUT2D eigenvalue weighted by molar-refractivity contribution is 0.178. The number of hydrogen-bond acceptors (Lipinski definition) is 4.